The van der Waals surface area contributed by atoms with Crippen LogP contribution in [0.25, 0.3) is 0 Å². The van der Waals surface area contributed by atoms with Gasteiger partial charge in [0.15, 0.2) is 18.9 Å². The highest BCUT2D eigenvalue weighted by Crippen LogP contribution is 2.75. The van der Waals surface area contributed by atoms with Crippen molar-refractivity contribution >= 4 is 23.9 Å². The van der Waals surface area contributed by atoms with Crippen LogP contribution >= 0.6 is 0 Å². The summed E-state index contributed by atoms with van der Waals surface area (Å²) in [7, 11) is 0. The van der Waals surface area contributed by atoms with Crippen LogP contribution in [0.4, 0.5) is 0 Å². The molecule has 9 N–H and O–H groups in total. The van der Waals surface area contributed by atoms with Crippen LogP contribution in [0.15, 0.2) is 23.3 Å². The molecule has 0 radical (unpaired) electrons. The summed E-state index contributed by atoms with van der Waals surface area (Å²) in [6.45, 7) is 21.8. The monoisotopic (exact) mass is 1150 g/mol. The number of aliphatic hydroxyl groups is 9. The van der Waals surface area contributed by atoms with Crippen molar-refractivity contribution in [1.29, 1.82) is 0 Å². The first kappa shape index (κ1) is 63.8. The van der Waals surface area contributed by atoms with Crippen molar-refractivity contribution in [3.05, 3.63) is 23.3 Å². The van der Waals surface area contributed by atoms with E-state index in [1.807, 2.05) is 13.8 Å². The van der Waals surface area contributed by atoms with Crippen LogP contribution in [0.5, 0.6) is 0 Å². The third-order valence-corrected chi connectivity index (χ3v) is 20.9. The number of esters is 4. The Labute approximate surface area is 473 Å². The van der Waals surface area contributed by atoms with Crippen LogP contribution < -0.4 is 0 Å². The quantitative estimate of drug-likeness (QED) is 0.0414. The lowest BCUT2D eigenvalue weighted by atomic mass is 9.33. The first-order valence-corrected chi connectivity index (χ1v) is 28.7. The Morgan fingerprint density at radius 3 is 1.64 bits per heavy atom. The van der Waals surface area contributed by atoms with E-state index in [0.717, 1.165) is 5.57 Å². The Hall–Kier alpha value is -3.24. The van der Waals surface area contributed by atoms with Crippen LogP contribution in [-0.2, 0) is 66.5 Å². The molecule has 0 aromatic heterocycles. The van der Waals surface area contributed by atoms with E-state index < -0.39 is 193 Å². The fourth-order valence-corrected chi connectivity index (χ4v) is 16.5. The molecular weight excluding hydrogens is 1060 g/mol. The molecule has 27 atom stereocenters. The summed E-state index contributed by atoms with van der Waals surface area (Å²) in [4.78, 5) is 53.6. The minimum absolute atomic E-state index is 0.0400. The van der Waals surface area contributed by atoms with Crippen molar-refractivity contribution in [2.45, 2.75) is 251 Å². The summed E-state index contributed by atoms with van der Waals surface area (Å²) in [6.07, 6.45) is -22.2. The molecule has 27 unspecified atom stereocenters. The molecule has 3 saturated heterocycles. The van der Waals surface area contributed by atoms with Crippen molar-refractivity contribution in [3.8, 4) is 0 Å². The Balaban J connectivity index is 1.07. The van der Waals surface area contributed by atoms with Crippen LogP contribution in [0.2, 0.25) is 0 Å². The Morgan fingerprint density at radius 1 is 0.605 bits per heavy atom. The third-order valence-electron chi connectivity index (χ3n) is 20.9. The normalized spacial score (nSPS) is 48.4. The molecule has 81 heavy (non-hydrogen) atoms. The van der Waals surface area contributed by atoms with E-state index in [4.69, 9.17) is 47.4 Å². The van der Waals surface area contributed by atoms with Crippen LogP contribution in [0.1, 0.15) is 129 Å². The summed E-state index contributed by atoms with van der Waals surface area (Å²) in [5.74, 6) is -3.69. The minimum atomic E-state index is -1.94. The van der Waals surface area contributed by atoms with E-state index in [1.165, 1.54) is 27.7 Å². The number of carbonyl (C=O) groups excluding carboxylic acids is 4. The first-order chi connectivity index (χ1) is 37.7. The van der Waals surface area contributed by atoms with E-state index in [2.05, 4.69) is 40.7 Å². The standard InChI is InChI=1S/C58H90O23/c1-14-24(2)50(71)81-48-44(73-26(4)61)36-29(21-54(48,7)8)30-15-16-34-56(11)19-18-35(55(9,10)33(56)17-20-57(34,12)58(30,13)49(75-28(6)63)45(36)74-27(5)62)78-52-42(69)46(38(65)31(22-59)76-52)80-53-43(70)47(39(66)32(23-60)77-53)79-51-41(68)40(67)37(64)25(3)72-51/h14-15,25,29,31-49,51-53,59-60,64-70H,16-23H2,1-13H3/b24-14+. The summed E-state index contributed by atoms with van der Waals surface area (Å²) in [6, 6.07) is 0. The average molecular weight is 1160 g/mol. The summed E-state index contributed by atoms with van der Waals surface area (Å²) >= 11 is 0. The maximum absolute atomic E-state index is 13.5. The van der Waals surface area contributed by atoms with Gasteiger partial charge in [-0.25, -0.2) is 4.79 Å². The van der Waals surface area contributed by atoms with Gasteiger partial charge in [-0.3, -0.25) is 14.4 Å². The smallest absolute Gasteiger partial charge is 0.333 e. The molecule has 5 aliphatic carbocycles. The molecule has 0 aromatic rings. The molecule has 3 aliphatic heterocycles. The van der Waals surface area contributed by atoms with Crippen molar-refractivity contribution in [3.63, 3.8) is 0 Å². The topological polar surface area (TPSA) is 343 Å². The van der Waals surface area contributed by atoms with E-state index >= 15 is 0 Å². The number of allylic oxidation sites excluding steroid dienone is 2. The van der Waals surface area contributed by atoms with Crippen LogP contribution in [-0.4, -0.2) is 206 Å². The highest BCUT2D eigenvalue weighted by Gasteiger charge is 2.74. The van der Waals surface area contributed by atoms with Gasteiger partial charge in [0.2, 0.25) is 0 Å². The minimum Gasteiger partial charge on any atom is -0.458 e. The zero-order valence-electron chi connectivity index (χ0n) is 48.9. The average Bonchev–Trinajstić information content (AvgIpc) is 3.40. The largest absolute Gasteiger partial charge is 0.458 e. The van der Waals surface area contributed by atoms with Crippen molar-refractivity contribution in [2.75, 3.05) is 13.2 Å². The number of aliphatic hydroxyl groups excluding tert-OH is 9. The van der Waals surface area contributed by atoms with Gasteiger partial charge in [-0.15, -0.1) is 0 Å². The first-order valence-electron chi connectivity index (χ1n) is 28.7. The number of fused-ring (bicyclic) bond motifs is 7. The lowest BCUT2D eigenvalue weighted by Gasteiger charge is -2.72. The lowest BCUT2D eigenvalue weighted by molar-refractivity contribution is -0.384. The molecule has 0 amide bonds. The second kappa shape index (κ2) is 23.6. The van der Waals surface area contributed by atoms with Crippen molar-refractivity contribution in [2.24, 2.45) is 50.7 Å². The highest BCUT2D eigenvalue weighted by molar-refractivity contribution is 5.87. The Morgan fingerprint density at radius 2 is 1.12 bits per heavy atom. The molecular formula is C58H90O23. The van der Waals surface area contributed by atoms with Gasteiger partial charge in [0.05, 0.1) is 25.4 Å². The van der Waals surface area contributed by atoms with Gasteiger partial charge in [-0.2, -0.15) is 0 Å². The Kier molecular flexibility index (Phi) is 18.5. The van der Waals surface area contributed by atoms with E-state index in [-0.39, 0.29) is 17.8 Å². The second-order valence-corrected chi connectivity index (χ2v) is 26.3. The molecule has 0 aromatic carbocycles. The summed E-state index contributed by atoms with van der Waals surface area (Å²) in [5.41, 5.74) is -2.05. The zero-order valence-corrected chi connectivity index (χ0v) is 48.9. The van der Waals surface area contributed by atoms with E-state index in [9.17, 15) is 65.1 Å². The predicted molar refractivity (Wildman–Crippen MR) is 280 cm³/mol. The zero-order chi connectivity index (χ0) is 60.0. The summed E-state index contributed by atoms with van der Waals surface area (Å²) in [5, 5.41) is 98.4. The molecule has 3 heterocycles. The van der Waals surface area contributed by atoms with Crippen molar-refractivity contribution < 1.29 is 113 Å². The van der Waals surface area contributed by atoms with Gasteiger partial charge in [0, 0.05) is 43.1 Å². The number of rotatable bonds is 13. The molecule has 7 fully saturated rings. The predicted octanol–water partition coefficient (Wildman–Crippen LogP) is 1.39. The molecule has 23 heteroatoms. The number of carbonyl (C=O) groups is 4. The highest BCUT2D eigenvalue weighted by atomic mass is 16.8. The number of hydrogen-bond acceptors (Lipinski definition) is 23. The third kappa shape index (κ3) is 11.0. The molecule has 8 aliphatic rings. The van der Waals surface area contributed by atoms with E-state index in [0.29, 0.717) is 44.1 Å². The maximum Gasteiger partial charge on any atom is 0.333 e. The second-order valence-electron chi connectivity index (χ2n) is 26.3. The Bertz CT molecular complexity index is 2380. The number of hydrogen-bond donors (Lipinski definition) is 9. The lowest BCUT2D eigenvalue weighted by Crippen LogP contribution is -2.72. The van der Waals surface area contributed by atoms with E-state index in [1.54, 1.807) is 19.9 Å². The molecule has 0 spiro atoms. The van der Waals surface area contributed by atoms with Gasteiger partial charge >= 0.3 is 23.9 Å². The molecule has 0 bridgehead atoms. The van der Waals surface area contributed by atoms with Crippen LogP contribution in [0, 0.1) is 50.7 Å². The SMILES string of the molecule is C/C=C(\C)C(=O)OC1C(OC(C)=O)C2C(CC1(C)C)C1=CCC3C4(C)CCC(OC5OC(CO)C(O)C(OC6OC(CO)C(O)C(OC7OC(C)C(O)C(O)C7O)C6O)C5O)C(C)(C)C4CCC3(C)C1(C)C(OC(C)=O)C2OC(C)=O. The van der Waals surface area contributed by atoms with Gasteiger partial charge in [-0.05, 0) is 93.3 Å². The fraction of sp³-hybridized carbons (Fsp3) is 0.862. The molecule has 8 rings (SSSR count). The molecule has 4 saturated carbocycles. The maximum atomic E-state index is 13.5. The van der Waals surface area contributed by atoms with Gasteiger partial charge < -0.3 is 93.3 Å². The molecule has 23 nitrogen and oxygen atoms in total. The summed E-state index contributed by atoms with van der Waals surface area (Å²) < 4.78 is 61.3. The van der Waals surface area contributed by atoms with Gasteiger partial charge in [-0.1, -0.05) is 66.2 Å². The molecule has 460 valence electrons. The van der Waals surface area contributed by atoms with Gasteiger partial charge in [0.1, 0.15) is 91.6 Å². The van der Waals surface area contributed by atoms with Crippen LogP contribution in [0.3, 0.4) is 0 Å². The van der Waals surface area contributed by atoms with Gasteiger partial charge in [0.25, 0.3) is 0 Å². The van der Waals surface area contributed by atoms with Crippen molar-refractivity contribution in [1.82, 2.24) is 0 Å². The number of ether oxygens (including phenoxy) is 10. The fourth-order valence-electron chi connectivity index (χ4n) is 16.5.